The van der Waals surface area contributed by atoms with Gasteiger partial charge in [0.1, 0.15) is 18.6 Å². The van der Waals surface area contributed by atoms with E-state index in [0.717, 1.165) is 23.2 Å². The Balaban J connectivity index is 2.04. The number of carbonyl (C=O) groups is 1. The molecule has 0 aromatic heterocycles. The minimum Gasteiger partial charge on any atom is -0.489 e. The van der Waals surface area contributed by atoms with Crippen LogP contribution in [0.3, 0.4) is 0 Å². The Labute approximate surface area is 107 Å². The molecule has 2 aromatic carbocycles. The highest BCUT2D eigenvalue weighted by Gasteiger charge is 2.00. The van der Waals surface area contributed by atoms with Crippen molar-refractivity contribution in [1.29, 1.82) is 0 Å². The first kappa shape index (κ1) is 12.4. The Morgan fingerprint density at radius 1 is 1.06 bits per heavy atom. The molecular formula is C16H16O2. The van der Waals surface area contributed by atoms with Crippen molar-refractivity contribution in [2.75, 3.05) is 0 Å². The van der Waals surface area contributed by atoms with E-state index in [4.69, 9.17) is 4.74 Å². The number of carbonyl (C=O) groups excluding carboxylic acids is 1. The van der Waals surface area contributed by atoms with Crippen LogP contribution in [0, 0.1) is 13.8 Å². The first-order valence-corrected chi connectivity index (χ1v) is 5.93. The topological polar surface area (TPSA) is 26.3 Å². The Hall–Kier alpha value is -2.09. The van der Waals surface area contributed by atoms with E-state index in [1.807, 2.05) is 19.1 Å². The van der Waals surface area contributed by atoms with Crippen molar-refractivity contribution in [3.63, 3.8) is 0 Å². The third-order valence-electron chi connectivity index (χ3n) is 2.89. The fourth-order valence-electron chi connectivity index (χ4n) is 1.72. The summed E-state index contributed by atoms with van der Waals surface area (Å²) >= 11 is 0. The van der Waals surface area contributed by atoms with Gasteiger partial charge in [-0.3, -0.25) is 4.79 Å². The largest absolute Gasteiger partial charge is 0.489 e. The van der Waals surface area contributed by atoms with Crippen molar-refractivity contribution >= 4 is 6.29 Å². The molecular weight excluding hydrogens is 224 g/mol. The summed E-state index contributed by atoms with van der Waals surface area (Å²) in [5, 5.41) is 0. The summed E-state index contributed by atoms with van der Waals surface area (Å²) in [5.74, 6) is 0.790. The van der Waals surface area contributed by atoms with Crippen LogP contribution in [-0.2, 0) is 6.61 Å². The number of ether oxygens (including phenoxy) is 1. The highest BCUT2D eigenvalue weighted by molar-refractivity contribution is 5.77. The Morgan fingerprint density at radius 3 is 2.39 bits per heavy atom. The van der Waals surface area contributed by atoms with Gasteiger partial charge in [-0.25, -0.2) is 0 Å². The molecule has 0 unspecified atom stereocenters. The van der Waals surface area contributed by atoms with Crippen LogP contribution in [0.4, 0.5) is 0 Å². The molecule has 92 valence electrons. The fraction of sp³-hybridized carbons (Fsp3) is 0.188. The van der Waals surface area contributed by atoms with Gasteiger partial charge in [0.2, 0.25) is 0 Å². The number of aryl methyl sites for hydroxylation is 2. The Morgan fingerprint density at radius 2 is 1.78 bits per heavy atom. The van der Waals surface area contributed by atoms with Crippen LogP contribution in [0.1, 0.15) is 27.0 Å². The minimum absolute atomic E-state index is 0.542. The van der Waals surface area contributed by atoms with E-state index in [1.165, 1.54) is 5.56 Å². The highest BCUT2D eigenvalue weighted by atomic mass is 16.5. The lowest BCUT2D eigenvalue weighted by Crippen LogP contribution is -1.96. The van der Waals surface area contributed by atoms with Gasteiger partial charge in [0.15, 0.2) is 0 Å². The van der Waals surface area contributed by atoms with E-state index in [-0.39, 0.29) is 0 Å². The number of aldehydes is 1. The van der Waals surface area contributed by atoms with Gasteiger partial charge in [0.05, 0.1) is 0 Å². The van der Waals surface area contributed by atoms with Crippen molar-refractivity contribution in [1.82, 2.24) is 0 Å². The van der Waals surface area contributed by atoms with E-state index < -0.39 is 0 Å². The molecule has 18 heavy (non-hydrogen) atoms. The van der Waals surface area contributed by atoms with Crippen LogP contribution in [0.5, 0.6) is 5.75 Å². The summed E-state index contributed by atoms with van der Waals surface area (Å²) in [6.45, 7) is 4.51. The van der Waals surface area contributed by atoms with Crippen LogP contribution in [0.2, 0.25) is 0 Å². The normalized spacial score (nSPS) is 10.1. The second kappa shape index (κ2) is 5.50. The average molecular weight is 240 g/mol. The zero-order valence-corrected chi connectivity index (χ0v) is 10.6. The zero-order chi connectivity index (χ0) is 13.0. The van der Waals surface area contributed by atoms with Gasteiger partial charge in [0.25, 0.3) is 0 Å². The van der Waals surface area contributed by atoms with Crippen LogP contribution in [0.25, 0.3) is 0 Å². The van der Waals surface area contributed by atoms with Crippen molar-refractivity contribution in [3.05, 3.63) is 64.7 Å². The molecule has 2 rings (SSSR count). The summed E-state index contributed by atoms with van der Waals surface area (Å²) in [6, 6.07) is 13.7. The van der Waals surface area contributed by atoms with Crippen molar-refractivity contribution < 1.29 is 9.53 Å². The van der Waals surface area contributed by atoms with Gasteiger partial charge >= 0.3 is 0 Å². The monoisotopic (exact) mass is 240 g/mol. The third-order valence-corrected chi connectivity index (χ3v) is 2.89. The summed E-state index contributed by atoms with van der Waals surface area (Å²) in [7, 11) is 0. The maximum Gasteiger partial charge on any atom is 0.150 e. The second-order valence-corrected chi connectivity index (χ2v) is 4.41. The van der Waals surface area contributed by atoms with Gasteiger partial charge in [-0.2, -0.15) is 0 Å². The summed E-state index contributed by atoms with van der Waals surface area (Å²) in [6.07, 6.45) is 0.860. The quantitative estimate of drug-likeness (QED) is 0.762. The van der Waals surface area contributed by atoms with Gasteiger partial charge in [-0.15, -0.1) is 0 Å². The molecule has 0 spiro atoms. The molecule has 0 atom stereocenters. The Kier molecular flexibility index (Phi) is 3.78. The number of hydrogen-bond acceptors (Lipinski definition) is 2. The SMILES string of the molecule is Cc1ccc(COc2ccc(C=O)c(C)c2)cc1. The lowest BCUT2D eigenvalue weighted by Gasteiger charge is -2.08. The molecule has 2 heteroatoms. The fourth-order valence-corrected chi connectivity index (χ4v) is 1.72. The molecule has 0 aliphatic rings. The minimum atomic E-state index is 0.542. The average Bonchev–Trinajstić information content (AvgIpc) is 2.38. The number of benzene rings is 2. The highest BCUT2D eigenvalue weighted by Crippen LogP contribution is 2.17. The predicted molar refractivity (Wildman–Crippen MR) is 72.1 cm³/mol. The van der Waals surface area contributed by atoms with Crippen molar-refractivity contribution in [3.8, 4) is 5.75 Å². The smallest absolute Gasteiger partial charge is 0.150 e. The second-order valence-electron chi connectivity index (χ2n) is 4.41. The van der Waals surface area contributed by atoms with Crippen molar-refractivity contribution in [2.45, 2.75) is 20.5 Å². The van der Waals surface area contributed by atoms with Gasteiger partial charge in [-0.1, -0.05) is 29.8 Å². The molecule has 2 nitrogen and oxygen atoms in total. The molecule has 0 N–H and O–H groups in total. The van der Waals surface area contributed by atoms with Crippen LogP contribution < -0.4 is 4.74 Å². The molecule has 2 aromatic rings. The first-order valence-electron chi connectivity index (χ1n) is 5.93. The van der Waals surface area contributed by atoms with Gasteiger partial charge < -0.3 is 4.74 Å². The third kappa shape index (κ3) is 2.98. The lowest BCUT2D eigenvalue weighted by atomic mass is 10.1. The van der Waals surface area contributed by atoms with E-state index in [2.05, 4.69) is 31.2 Å². The first-order chi connectivity index (χ1) is 8.69. The summed E-state index contributed by atoms with van der Waals surface area (Å²) in [5.41, 5.74) is 4.02. The molecule has 0 saturated carbocycles. The lowest BCUT2D eigenvalue weighted by molar-refractivity contribution is 0.112. The summed E-state index contributed by atoms with van der Waals surface area (Å²) in [4.78, 5) is 10.7. The molecule has 0 amide bonds. The van der Waals surface area contributed by atoms with E-state index in [1.54, 1.807) is 6.07 Å². The summed E-state index contributed by atoms with van der Waals surface area (Å²) < 4.78 is 5.70. The number of rotatable bonds is 4. The molecule has 0 aliphatic heterocycles. The van der Waals surface area contributed by atoms with Gasteiger partial charge in [-0.05, 0) is 43.2 Å². The van der Waals surface area contributed by atoms with E-state index >= 15 is 0 Å². The van der Waals surface area contributed by atoms with Crippen molar-refractivity contribution in [2.24, 2.45) is 0 Å². The van der Waals surface area contributed by atoms with E-state index in [0.29, 0.717) is 12.2 Å². The molecule has 0 bridgehead atoms. The molecule has 0 heterocycles. The predicted octanol–water partition coefficient (Wildman–Crippen LogP) is 3.69. The van der Waals surface area contributed by atoms with Crippen LogP contribution in [-0.4, -0.2) is 6.29 Å². The van der Waals surface area contributed by atoms with Gasteiger partial charge in [0, 0.05) is 5.56 Å². The Bertz CT molecular complexity index is 542. The maximum absolute atomic E-state index is 10.7. The molecule has 0 aliphatic carbocycles. The zero-order valence-electron chi connectivity index (χ0n) is 10.6. The van der Waals surface area contributed by atoms with Crippen LogP contribution in [0.15, 0.2) is 42.5 Å². The molecule has 0 radical (unpaired) electrons. The van der Waals surface area contributed by atoms with Crippen LogP contribution >= 0.6 is 0 Å². The molecule has 0 saturated heterocycles. The number of hydrogen-bond donors (Lipinski definition) is 0. The van der Waals surface area contributed by atoms with E-state index in [9.17, 15) is 4.79 Å². The maximum atomic E-state index is 10.7. The standard InChI is InChI=1S/C16H16O2/c1-12-3-5-14(6-4-12)11-18-16-8-7-15(10-17)13(2)9-16/h3-10H,11H2,1-2H3. The molecule has 0 fully saturated rings.